The van der Waals surface area contributed by atoms with E-state index in [0.29, 0.717) is 0 Å². The summed E-state index contributed by atoms with van der Waals surface area (Å²) in [6, 6.07) is 0. The van der Waals surface area contributed by atoms with Crippen molar-refractivity contribution < 1.29 is 0 Å². The van der Waals surface area contributed by atoms with Gasteiger partial charge >= 0.3 is 33.2 Å². The van der Waals surface area contributed by atoms with Crippen LogP contribution in [0.15, 0.2) is 0 Å². The monoisotopic (exact) mass is 366 g/mol. The van der Waals surface area contributed by atoms with E-state index in [0.717, 1.165) is 0 Å². The van der Waals surface area contributed by atoms with Crippen LogP contribution in [0.4, 0.5) is 0 Å². The van der Waals surface area contributed by atoms with Crippen LogP contribution in [0.1, 0.15) is 0 Å². The summed E-state index contributed by atoms with van der Waals surface area (Å²) >= 11 is 0.0833. The first kappa shape index (κ1) is 9.17. The van der Waals surface area contributed by atoms with Crippen molar-refractivity contribution in [3.05, 3.63) is 0 Å². The van der Waals surface area contributed by atoms with Gasteiger partial charge in [0.05, 0.1) is 0 Å². The predicted octanol–water partition coefficient (Wildman–Crippen LogP) is 1.40. The van der Waals surface area contributed by atoms with Gasteiger partial charge in [0.2, 0.25) is 0 Å². The maximum absolute atomic E-state index is 2.32. The Morgan fingerprint density at radius 2 is 1.25 bits per heavy atom. The predicted molar refractivity (Wildman–Crippen MR) is 32.9 cm³/mol. The molecule has 0 nitrogen and oxygen atoms in total. The van der Waals surface area contributed by atoms with Gasteiger partial charge in [-0.1, -0.05) is 0 Å². The zero-order valence-electron chi connectivity index (χ0n) is 2.91. The Labute approximate surface area is 56.6 Å². The normalized spacial score (nSPS) is 4.50. The summed E-state index contributed by atoms with van der Waals surface area (Å²) in [5.41, 5.74) is 0. The molecule has 26 valence electrons. The molecule has 0 aliphatic heterocycles. The molecule has 0 N–H and O–H groups in total. The fraction of sp³-hybridized carbons (Fsp3) is 1.00. The van der Waals surface area contributed by atoms with E-state index in [1.165, 1.54) is 0 Å². The molecule has 0 aromatic rings. The van der Waals surface area contributed by atoms with E-state index in [2.05, 4.69) is 8.97 Å². The van der Waals surface area contributed by atoms with Crippen LogP contribution in [0.3, 0.4) is 0 Å². The molecule has 0 spiro atoms. The molecule has 0 amide bonds. The quantitative estimate of drug-likeness (QED) is 0.450. The third kappa shape index (κ3) is 9.41. The van der Waals surface area contributed by atoms with E-state index in [1.54, 1.807) is 0 Å². The fourth-order valence-electron chi connectivity index (χ4n) is 0. The molecule has 0 aromatic carbocycles. The molecule has 0 aliphatic rings. The van der Waals surface area contributed by atoms with Gasteiger partial charge in [0.15, 0.2) is 0 Å². The van der Waals surface area contributed by atoms with E-state index in [-0.39, 0.29) is 48.2 Å². The maximum atomic E-state index is 2.32. The molecular formula is C2H7IPb. The van der Waals surface area contributed by atoms with Gasteiger partial charge in [-0.2, -0.15) is 0 Å². The minimum absolute atomic E-state index is 0. The van der Waals surface area contributed by atoms with Crippen molar-refractivity contribution in [1.82, 2.24) is 0 Å². The van der Waals surface area contributed by atoms with Gasteiger partial charge in [0.25, 0.3) is 0 Å². The van der Waals surface area contributed by atoms with Crippen LogP contribution in [-0.2, 0) is 0 Å². The Balaban J connectivity index is 0. The molecule has 0 rings (SSSR count). The number of hydrogen-bond acceptors (Lipinski definition) is 0. The van der Waals surface area contributed by atoms with Crippen molar-refractivity contribution in [3.8, 4) is 0 Å². The zero-order valence-corrected chi connectivity index (χ0v) is 9.13. The van der Waals surface area contributed by atoms with E-state index < -0.39 is 0 Å². The Morgan fingerprint density at radius 1 is 1.25 bits per heavy atom. The van der Waals surface area contributed by atoms with Crippen LogP contribution in [-0.4, -0.2) is 24.2 Å². The molecule has 0 aliphatic carbocycles. The first-order valence-electron chi connectivity index (χ1n) is 1.00. The number of hydrogen-bond donors (Lipinski definition) is 0. The topological polar surface area (TPSA) is 0 Å². The van der Waals surface area contributed by atoms with Crippen molar-refractivity contribution >= 4 is 48.2 Å². The molecule has 0 fully saturated rings. The Morgan fingerprint density at radius 3 is 1.25 bits per heavy atom. The molecule has 4 heavy (non-hydrogen) atoms. The number of halogens is 1. The van der Waals surface area contributed by atoms with Gasteiger partial charge in [-0.3, -0.25) is 0 Å². The van der Waals surface area contributed by atoms with Crippen LogP contribution in [0, 0.1) is 0 Å². The standard InChI is InChI=1S/2CH3.HI.Pb/h2*1H3;1H;. The molecular weight excluding hydrogens is 358 g/mol. The molecule has 0 atom stereocenters. The minimum atomic E-state index is 0. The van der Waals surface area contributed by atoms with Crippen molar-refractivity contribution in [1.29, 1.82) is 0 Å². The van der Waals surface area contributed by atoms with Crippen molar-refractivity contribution in [2.45, 2.75) is 8.97 Å². The fourth-order valence-corrected chi connectivity index (χ4v) is 0. The molecule has 0 unspecified atom stereocenters. The molecule has 0 saturated carbocycles. The van der Waals surface area contributed by atoms with Gasteiger partial charge < -0.3 is 0 Å². The summed E-state index contributed by atoms with van der Waals surface area (Å²) in [5.74, 6) is 0. The summed E-state index contributed by atoms with van der Waals surface area (Å²) < 4.78 is 4.64. The Hall–Kier alpha value is 1.65. The number of rotatable bonds is 0. The molecule has 0 aromatic heterocycles. The van der Waals surface area contributed by atoms with Gasteiger partial charge in [0, 0.05) is 0 Å². The molecule has 2 heteroatoms. The molecule has 0 heterocycles. The average Bonchev–Trinajstić information content (AvgIpc) is 0.918. The van der Waals surface area contributed by atoms with Crippen LogP contribution in [0.25, 0.3) is 0 Å². The summed E-state index contributed by atoms with van der Waals surface area (Å²) in [7, 11) is 0. The zero-order chi connectivity index (χ0) is 2.71. The van der Waals surface area contributed by atoms with Crippen LogP contribution >= 0.6 is 24.0 Å². The van der Waals surface area contributed by atoms with Crippen molar-refractivity contribution in [3.63, 3.8) is 0 Å². The third-order valence-corrected chi connectivity index (χ3v) is 0. The van der Waals surface area contributed by atoms with E-state index >= 15 is 0 Å². The van der Waals surface area contributed by atoms with Gasteiger partial charge in [-0.25, -0.2) is 0 Å². The molecule has 2 radical (unpaired) electrons. The summed E-state index contributed by atoms with van der Waals surface area (Å²) in [4.78, 5) is 0. The summed E-state index contributed by atoms with van der Waals surface area (Å²) in [5, 5.41) is 0. The second-order valence-corrected chi connectivity index (χ2v) is 4.39. The molecule has 0 bridgehead atoms. The SMILES string of the molecule is I.[CH3][Pb][CH3]. The Kier molecular flexibility index (Phi) is 20.2. The van der Waals surface area contributed by atoms with Crippen LogP contribution < -0.4 is 0 Å². The second kappa shape index (κ2) is 8.82. The van der Waals surface area contributed by atoms with Crippen LogP contribution in [0.5, 0.6) is 0 Å². The van der Waals surface area contributed by atoms with E-state index in [1.807, 2.05) is 0 Å². The van der Waals surface area contributed by atoms with E-state index in [4.69, 9.17) is 0 Å². The van der Waals surface area contributed by atoms with Gasteiger partial charge in [-0.05, 0) is 0 Å². The van der Waals surface area contributed by atoms with Gasteiger partial charge in [0.1, 0.15) is 0 Å². The molecule has 0 saturated heterocycles. The second-order valence-electron chi connectivity index (χ2n) is 0.500. The average molecular weight is 365 g/mol. The summed E-state index contributed by atoms with van der Waals surface area (Å²) in [6.07, 6.45) is 0. The van der Waals surface area contributed by atoms with Crippen LogP contribution in [0.2, 0.25) is 8.97 Å². The Bertz CT molecular complexity index is 6.00. The first-order valence-corrected chi connectivity index (χ1v) is 8.77. The third-order valence-electron chi connectivity index (χ3n) is 0. The van der Waals surface area contributed by atoms with E-state index in [9.17, 15) is 0 Å². The van der Waals surface area contributed by atoms with Gasteiger partial charge in [-0.15, -0.1) is 24.0 Å². The summed E-state index contributed by atoms with van der Waals surface area (Å²) in [6.45, 7) is 0. The van der Waals surface area contributed by atoms with Crippen molar-refractivity contribution in [2.24, 2.45) is 0 Å². The first-order chi connectivity index (χ1) is 1.41. The van der Waals surface area contributed by atoms with Crippen molar-refractivity contribution in [2.75, 3.05) is 0 Å².